The molecule has 1 aliphatic rings. The van der Waals surface area contributed by atoms with Crippen LogP contribution in [0.2, 0.25) is 0 Å². The number of hydrogen-bond acceptors (Lipinski definition) is 2. The molecule has 2 nitrogen and oxygen atoms in total. The van der Waals surface area contributed by atoms with Gasteiger partial charge >= 0.3 is 0 Å². The van der Waals surface area contributed by atoms with Gasteiger partial charge in [0.25, 0.3) is 0 Å². The van der Waals surface area contributed by atoms with Gasteiger partial charge in [-0.25, -0.2) is 0 Å². The van der Waals surface area contributed by atoms with E-state index in [9.17, 15) is 0 Å². The first-order chi connectivity index (χ1) is 10.2. The summed E-state index contributed by atoms with van der Waals surface area (Å²) in [5, 5.41) is 3.79. The molecule has 0 radical (unpaired) electrons. The maximum absolute atomic E-state index is 5.79. The Morgan fingerprint density at radius 1 is 1.05 bits per heavy atom. The molecule has 1 aliphatic heterocycles. The molecular weight excluding hydrogens is 258 g/mol. The number of hydrogen-bond donors (Lipinski definition) is 1. The van der Waals surface area contributed by atoms with Gasteiger partial charge in [0.1, 0.15) is 12.4 Å². The van der Waals surface area contributed by atoms with Crippen molar-refractivity contribution in [2.45, 2.75) is 32.4 Å². The van der Waals surface area contributed by atoms with Gasteiger partial charge in [0, 0.05) is 11.6 Å². The molecule has 0 saturated carbocycles. The second kappa shape index (κ2) is 6.31. The fourth-order valence-electron chi connectivity index (χ4n) is 3.00. The van der Waals surface area contributed by atoms with E-state index in [1.54, 1.807) is 0 Å². The van der Waals surface area contributed by atoms with Gasteiger partial charge in [-0.3, -0.25) is 0 Å². The van der Waals surface area contributed by atoms with Crippen LogP contribution in [0.3, 0.4) is 0 Å². The smallest absolute Gasteiger partial charge is 0.124 e. The zero-order chi connectivity index (χ0) is 14.7. The molecule has 2 aromatic rings. The summed E-state index contributed by atoms with van der Waals surface area (Å²) in [4.78, 5) is 0. The molecule has 3 rings (SSSR count). The Morgan fingerprint density at radius 2 is 1.76 bits per heavy atom. The summed E-state index contributed by atoms with van der Waals surface area (Å²) < 4.78 is 5.79. The predicted octanol–water partition coefficient (Wildman–Crippen LogP) is 4.50. The monoisotopic (exact) mass is 281 g/mol. The van der Waals surface area contributed by atoms with E-state index in [1.165, 1.54) is 11.1 Å². The number of rotatable bonds is 5. The second-order valence-electron chi connectivity index (χ2n) is 6.16. The SMILES string of the molecule is CC(C)CC(NC1COc2ccccc21)c1ccccc1. The third-order valence-electron chi connectivity index (χ3n) is 4.01. The maximum atomic E-state index is 5.79. The topological polar surface area (TPSA) is 21.3 Å². The van der Waals surface area contributed by atoms with Crippen molar-refractivity contribution >= 4 is 0 Å². The van der Waals surface area contributed by atoms with Crippen LogP contribution >= 0.6 is 0 Å². The van der Waals surface area contributed by atoms with Crippen LogP contribution in [0.1, 0.15) is 43.5 Å². The average molecular weight is 281 g/mol. The summed E-state index contributed by atoms with van der Waals surface area (Å²) >= 11 is 0. The van der Waals surface area contributed by atoms with E-state index in [2.05, 4.69) is 67.7 Å². The lowest BCUT2D eigenvalue weighted by molar-refractivity contribution is 0.287. The van der Waals surface area contributed by atoms with E-state index in [0.29, 0.717) is 12.0 Å². The van der Waals surface area contributed by atoms with Crippen LogP contribution < -0.4 is 10.1 Å². The van der Waals surface area contributed by atoms with Gasteiger partial charge in [-0.05, 0) is 24.0 Å². The fourth-order valence-corrected chi connectivity index (χ4v) is 3.00. The molecule has 110 valence electrons. The zero-order valence-corrected chi connectivity index (χ0v) is 12.8. The summed E-state index contributed by atoms with van der Waals surface area (Å²) in [5.41, 5.74) is 2.64. The Kier molecular flexibility index (Phi) is 4.26. The van der Waals surface area contributed by atoms with Crippen LogP contribution in [0.25, 0.3) is 0 Å². The van der Waals surface area contributed by atoms with Gasteiger partial charge in [0.05, 0.1) is 6.04 Å². The highest BCUT2D eigenvalue weighted by atomic mass is 16.5. The first-order valence-electron chi connectivity index (χ1n) is 7.76. The van der Waals surface area contributed by atoms with Crippen molar-refractivity contribution in [2.24, 2.45) is 5.92 Å². The van der Waals surface area contributed by atoms with E-state index >= 15 is 0 Å². The van der Waals surface area contributed by atoms with Crippen LogP contribution in [-0.4, -0.2) is 6.61 Å². The van der Waals surface area contributed by atoms with Gasteiger partial charge in [-0.1, -0.05) is 62.4 Å². The number of fused-ring (bicyclic) bond motifs is 1. The molecule has 2 unspecified atom stereocenters. The Bertz CT molecular complexity index is 579. The Hall–Kier alpha value is -1.80. The Morgan fingerprint density at radius 3 is 2.52 bits per heavy atom. The molecule has 1 N–H and O–H groups in total. The van der Waals surface area contributed by atoms with E-state index in [4.69, 9.17) is 4.74 Å². The van der Waals surface area contributed by atoms with Crippen molar-refractivity contribution in [2.75, 3.05) is 6.61 Å². The van der Waals surface area contributed by atoms with Crippen LogP contribution in [0.4, 0.5) is 0 Å². The summed E-state index contributed by atoms with van der Waals surface area (Å²) in [7, 11) is 0. The second-order valence-corrected chi connectivity index (χ2v) is 6.16. The summed E-state index contributed by atoms with van der Waals surface area (Å²) in [5.74, 6) is 1.67. The summed E-state index contributed by atoms with van der Waals surface area (Å²) in [6.07, 6.45) is 1.13. The van der Waals surface area contributed by atoms with Crippen molar-refractivity contribution < 1.29 is 4.74 Å². The van der Waals surface area contributed by atoms with E-state index in [1.807, 2.05) is 6.07 Å². The molecule has 0 spiro atoms. The first kappa shape index (κ1) is 14.2. The van der Waals surface area contributed by atoms with Crippen LogP contribution in [0.15, 0.2) is 54.6 Å². The molecule has 0 saturated heterocycles. The van der Waals surface area contributed by atoms with Crippen LogP contribution in [0.5, 0.6) is 5.75 Å². The van der Waals surface area contributed by atoms with Gasteiger partial charge in [0.15, 0.2) is 0 Å². The molecule has 0 bridgehead atoms. The van der Waals surface area contributed by atoms with Gasteiger partial charge in [0.2, 0.25) is 0 Å². The van der Waals surface area contributed by atoms with Crippen molar-refractivity contribution in [3.63, 3.8) is 0 Å². The number of benzene rings is 2. The summed E-state index contributed by atoms with van der Waals surface area (Å²) in [6.45, 7) is 5.27. The minimum Gasteiger partial charge on any atom is -0.491 e. The molecule has 0 fully saturated rings. The van der Waals surface area contributed by atoms with E-state index < -0.39 is 0 Å². The zero-order valence-electron chi connectivity index (χ0n) is 12.8. The minimum atomic E-state index is 0.283. The van der Waals surface area contributed by atoms with Crippen molar-refractivity contribution in [1.82, 2.24) is 5.32 Å². The third-order valence-corrected chi connectivity index (χ3v) is 4.01. The van der Waals surface area contributed by atoms with Crippen molar-refractivity contribution in [3.05, 3.63) is 65.7 Å². The lowest BCUT2D eigenvalue weighted by atomic mass is 9.95. The maximum Gasteiger partial charge on any atom is 0.124 e. The average Bonchev–Trinajstić information content (AvgIpc) is 2.90. The molecule has 0 amide bonds. The lowest BCUT2D eigenvalue weighted by Gasteiger charge is -2.24. The first-order valence-corrected chi connectivity index (χ1v) is 7.76. The van der Waals surface area contributed by atoms with Crippen molar-refractivity contribution in [3.8, 4) is 5.75 Å². The third kappa shape index (κ3) is 3.27. The quantitative estimate of drug-likeness (QED) is 0.871. The van der Waals surface area contributed by atoms with Gasteiger partial charge in [-0.15, -0.1) is 0 Å². The predicted molar refractivity (Wildman–Crippen MR) is 86.5 cm³/mol. The largest absolute Gasteiger partial charge is 0.491 e. The number of nitrogens with one attached hydrogen (secondary N) is 1. The molecule has 0 aromatic heterocycles. The fraction of sp³-hybridized carbons (Fsp3) is 0.368. The van der Waals surface area contributed by atoms with Crippen LogP contribution in [0, 0.1) is 5.92 Å². The molecule has 0 aliphatic carbocycles. The van der Waals surface area contributed by atoms with Gasteiger partial charge < -0.3 is 10.1 Å². The highest BCUT2D eigenvalue weighted by molar-refractivity contribution is 5.39. The van der Waals surface area contributed by atoms with Crippen LogP contribution in [-0.2, 0) is 0 Å². The molecule has 2 aromatic carbocycles. The minimum absolute atomic E-state index is 0.283. The molecule has 21 heavy (non-hydrogen) atoms. The number of para-hydroxylation sites is 1. The molecular formula is C19H23NO. The number of ether oxygens (including phenoxy) is 1. The lowest BCUT2D eigenvalue weighted by Crippen LogP contribution is -2.28. The van der Waals surface area contributed by atoms with E-state index in [-0.39, 0.29) is 6.04 Å². The highest BCUT2D eigenvalue weighted by Gasteiger charge is 2.26. The Balaban J connectivity index is 1.80. The van der Waals surface area contributed by atoms with E-state index in [0.717, 1.165) is 18.8 Å². The molecule has 1 heterocycles. The van der Waals surface area contributed by atoms with Crippen molar-refractivity contribution in [1.29, 1.82) is 0 Å². The summed E-state index contributed by atoms with van der Waals surface area (Å²) in [6, 6.07) is 19.7. The highest BCUT2D eigenvalue weighted by Crippen LogP contribution is 2.34. The molecule has 2 atom stereocenters. The molecule has 2 heteroatoms. The normalized spacial score (nSPS) is 18.3. The Labute approximate surface area is 127 Å². The van der Waals surface area contributed by atoms with Gasteiger partial charge in [-0.2, -0.15) is 0 Å². The standard InChI is InChI=1S/C19H23NO/c1-14(2)12-17(15-8-4-3-5-9-15)20-18-13-21-19-11-7-6-10-16(18)19/h3-11,14,17-18,20H,12-13H2,1-2H3.